The molecule has 1 aromatic rings. The van der Waals surface area contributed by atoms with E-state index in [0.717, 1.165) is 11.3 Å². The summed E-state index contributed by atoms with van der Waals surface area (Å²) in [6.45, 7) is 3.62. The number of fused-ring (bicyclic) bond motifs is 1. The van der Waals surface area contributed by atoms with Crippen LogP contribution in [0.25, 0.3) is 0 Å². The van der Waals surface area contributed by atoms with E-state index in [2.05, 4.69) is 0 Å². The molecular formula is C17H22O6S. The van der Waals surface area contributed by atoms with Gasteiger partial charge in [0, 0.05) is 12.5 Å². The maximum Gasteiger partial charge on any atom is 0.303 e. The normalized spacial score (nSPS) is 36.0. The molecule has 0 saturated carbocycles. The van der Waals surface area contributed by atoms with Crippen LogP contribution < -0.4 is 0 Å². The highest BCUT2D eigenvalue weighted by molar-refractivity contribution is 7.99. The molecule has 2 heterocycles. The van der Waals surface area contributed by atoms with Crippen molar-refractivity contribution >= 4 is 17.7 Å². The van der Waals surface area contributed by atoms with Crippen LogP contribution in [0.3, 0.4) is 0 Å². The van der Waals surface area contributed by atoms with Gasteiger partial charge in [-0.1, -0.05) is 37.3 Å². The zero-order chi connectivity index (χ0) is 17.1. The number of carbonyl (C=O) groups excluding carboxylic acids is 1. The molecule has 2 fully saturated rings. The van der Waals surface area contributed by atoms with E-state index in [4.69, 9.17) is 18.9 Å². The second-order valence-corrected chi connectivity index (χ2v) is 7.11. The molecule has 0 bridgehead atoms. The molecule has 2 saturated heterocycles. The maximum atomic E-state index is 11.5. The maximum absolute atomic E-state index is 11.5. The lowest BCUT2D eigenvalue weighted by atomic mass is 9.98. The Labute approximate surface area is 145 Å². The quantitative estimate of drug-likeness (QED) is 0.828. The first-order valence-electron chi connectivity index (χ1n) is 8.04. The molecule has 6 atom stereocenters. The van der Waals surface area contributed by atoms with Crippen LogP contribution >= 0.6 is 11.8 Å². The Balaban J connectivity index is 1.79. The minimum absolute atomic E-state index is 0.315. The largest absolute Gasteiger partial charge is 0.457 e. The summed E-state index contributed by atoms with van der Waals surface area (Å²) in [6.07, 6.45) is -3.26. The molecule has 1 N–H and O–H groups in total. The smallest absolute Gasteiger partial charge is 0.303 e. The van der Waals surface area contributed by atoms with Crippen molar-refractivity contribution in [2.45, 2.75) is 50.0 Å². The summed E-state index contributed by atoms with van der Waals surface area (Å²) >= 11 is 1.47. The van der Waals surface area contributed by atoms with Crippen molar-refractivity contribution in [1.29, 1.82) is 0 Å². The first-order chi connectivity index (χ1) is 11.6. The summed E-state index contributed by atoms with van der Waals surface area (Å²) < 4.78 is 23.0. The van der Waals surface area contributed by atoms with Crippen LogP contribution in [0, 0.1) is 0 Å². The van der Waals surface area contributed by atoms with Crippen molar-refractivity contribution in [2.75, 3.05) is 12.4 Å². The van der Waals surface area contributed by atoms with Crippen LogP contribution in [0.1, 0.15) is 25.7 Å². The molecule has 132 valence electrons. The zero-order valence-electron chi connectivity index (χ0n) is 13.7. The zero-order valence-corrected chi connectivity index (χ0v) is 14.5. The minimum Gasteiger partial charge on any atom is -0.457 e. The average Bonchev–Trinajstić information content (AvgIpc) is 2.59. The number of aliphatic hydroxyl groups is 1. The molecule has 2 aliphatic rings. The molecule has 3 rings (SSSR count). The summed E-state index contributed by atoms with van der Waals surface area (Å²) in [7, 11) is 0. The third-order valence-electron chi connectivity index (χ3n) is 4.01. The topological polar surface area (TPSA) is 74.2 Å². The highest BCUT2D eigenvalue weighted by atomic mass is 32.2. The number of carbonyl (C=O) groups is 1. The van der Waals surface area contributed by atoms with Gasteiger partial charge < -0.3 is 24.1 Å². The van der Waals surface area contributed by atoms with E-state index < -0.39 is 36.0 Å². The van der Waals surface area contributed by atoms with Crippen LogP contribution in [0.2, 0.25) is 0 Å². The van der Waals surface area contributed by atoms with Crippen molar-refractivity contribution in [3.8, 4) is 0 Å². The van der Waals surface area contributed by atoms with E-state index in [1.165, 1.54) is 18.7 Å². The molecule has 0 spiro atoms. The lowest BCUT2D eigenvalue weighted by molar-refractivity contribution is -0.319. The molecular weight excluding hydrogens is 332 g/mol. The Hall–Kier alpha value is -1.12. The van der Waals surface area contributed by atoms with E-state index in [1.54, 1.807) is 0 Å². The van der Waals surface area contributed by atoms with Gasteiger partial charge in [-0.3, -0.25) is 4.79 Å². The van der Waals surface area contributed by atoms with Crippen LogP contribution in [0.5, 0.6) is 0 Å². The van der Waals surface area contributed by atoms with E-state index >= 15 is 0 Å². The first kappa shape index (κ1) is 17.7. The minimum atomic E-state index is -0.949. The van der Waals surface area contributed by atoms with Crippen LogP contribution in [0.4, 0.5) is 0 Å². The molecule has 0 aromatic heterocycles. The first-order valence-corrected chi connectivity index (χ1v) is 9.09. The van der Waals surface area contributed by atoms with Gasteiger partial charge in [0.2, 0.25) is 0 Å². The number of thioether (sulfide) groups is 1. The molecule has 0 unspecified atom stereocenters. The van der Waals surface area contributed by atoms with Crippen molar-refractivity contribution in [3.05, 3.63) is 35.9 Å². The molecule has 24 heavy (non-hydrogen) atoms. The molecule has 0 amide bonds. The van der Waals surface area contributed by atoms with Crippen molar-refractivity contribution in [3.63, 3.8) is 0 Å². The van der Waals surface area contributed by atoms with Gasteiger partial charge in [0.15, 0.2) is 12.4 Å². The number of esters is 1. The van der Waals surface area contributed by atoms with Gasteiger partial charge in [0.05, 0.1) is 6.61 Å². The molecule has 6 nitrogen and oxygen atoms in total. The lowest BCUT2D eigenvalue weighted by Gasteiger charge is -2.47. The predicted molar refractivity (Wildman–Crippen MR) is 88.4 cm³/mol. The number of benzene rings is 1. The number of ether oxygens (including phenoxy) is 4. The lowest BCUT2D eigenvalue weighted by Crippen LogP contribution is -2.62. The van der Waals surface area contributed by atoms with E-state index in [0.29, 0.717) is 6.61 Å². The number of rotatable bonds is 4. The SMILES string of the molecule is CCS[C@@H]1O[C@@H]2CO[C@@H](c3ccccc3)O[C@@H]2[C@H](OC(C)=O)[C@H]1O. The highest BCUT2D eigenvalue weighted by Gasteiger charge is 2.51. The monoisotopic (exact) mass is 354 g/mol. The second kappa shape index (κ2) is 7.84. The van der Waals surface area contributed by atoms with Crippen molar-refractivity contribution in [1.82, 2.24) is 0 Å². The van der Waals surface area contributed by atoms with Gasteiger partial charge >= 0.3 is 5.97 Å². The summed E-state index contributed by atoms with van der Waals surface area (Å²) in [6, 6.07) is 9.52. The fourth-order valence-electron chi connectivity index (χ4n) is 2.97. The summed E-state index contributed by atoms with van der Waals surface area (Å²) in [5.74, 6) is 0.326. The Morgan fingerprint density at radius 3 is 2.75 bits per heavy atom. The number of hydrogen-bond acceptors (Lipinski definition) is 7. The Bertz CT molecular complexity index is 553. The third-order valence-corrected chi connectivity index (χ3v) is 5.06. The Morgan fingerprint density at radius 2 is 2.08 bits per heavy atom. The molecule has 7 heteroatoms. The van der Waals surface area contributed by atoms with Gasteiger partial charge in [-0.15, -0.1) is 11.8 Å². The van der Waals surface area contributed by atoms with Crippen molar-refractivity contribution in [2.24, 2.45) is 0 Å². The van der Waals surface area contributed by atoms with Gasteiger partial charge in [-0.05, 0) is 5.75 Å². The van der Waals surface area contributed by atoms with Gasteiger partial charge in [-0.25, -0.2) is 0 Å². The Morgan fingerprint density at radius 1 is 1.33 bits per heavy atom. The number of aliphatic hydroxyl groups excluding tert-OH is 1. The highest BCUT2D eigenvalue weighted by Crippen LogP contribution is 2.37. The fourth-order valence-corrected chi connectivity index (χ4v) is 3.87. The summed E-state index contributed by atoms with van der Waals surface area (Å²) in [5, 5.41) is 10.6. The third kappa shape index (κ3) is 3.75. The standard InChI is InChI=1S/C17H22O6S/c1-3-24-17-13(19)15(21-10(2)18)14-12(22-17)9-20-16(23-14)11-7-5-4-6-8-11/h4-8,12-17,19H,3,9H2,1-2H3/t12-,13-,14+,15-,16-,17+/m1/s1. The van der Waals surface area contributed by atoms with E-state index in [1.807, 2.05) is 37.3 Å². The second-order valence-electron chi connectivity index (χ2n) is 5.74. The summed E-state index contributed by atoms with van der Waals surface area (Å²) in [4.78, 5) is 11.5. The van der Waals surface area contributed by atoms with Crippen LogP contribution in [-0.4, -0.2) is 53.3 Å². The van der Waals surface area contributed by atoms with E-state index in [9.17, 15) is 9.90 Å². The summed E-state index contributed by atoms with van der Waals surface area (Å²) in [5.41, 5.74) is 0.401. The molecule has 1 aromatic carbocycles. The van der Waals surface area contributed by atoms with Gasteiger partial charge in [-0.2, -0.15) is 0 Å². The van der Waals surface area contributed by atoms with Crippen LogP contribution in [-0.2, 0) is 23.7 Å². The van der Waals surface area contributed by atoms with Crippen molar-refractivity contribution < 1.29 is 28.8 Å². The van der Waals surface area contributed by atoms with E-state index in [-0.39, 0.29) is 6.10 Å². The fraction of sp³-hybridized carbons (Fsp3) is 0.588. The van der Waals surface area contributed by atoms with Crippen LogP contribution in [0.15, 0.2) is 30.3 Å². The number of hydrogen-bond donors (Lipinski definition) is 1. The average molecular weight is 354 g/mol. The molecule has 2 aliphatic heterocycles. The molecule has 0 aliphatic carbocycles. The Kier molecular flexibility index (Phi) is 5.78. The van der Waals surface area contributed by atoms with Gasteiger partial charge in [0.1, 0.15) is 23.7 Å². The predicted octanol–water partition coefficient (Wildman–Crippen LogP) is 1.87. The molecule has 0 radical (unpaired) electrons. The van der Waals surface area contributed by atoms with Gasteiger partial charge in [0.25, 0.3) is 0 Å².